The van der Waals surface area contributed by atoms with Crippen molar-refractivity contribution in [3.8, 4) is 0 Å². The number of carbonyl (C=O) groups is 4. The summed E-state index contributed by atoms with van der Waals surface area (Å²) in [5, 5.41) is 0. The summed E-state index contributed by atoms with van der Waals surface area (Å²) >= 11 is 0. The van der Waals surface area contributed by atoms with Gasteiger partial charge < -0.3 is 36.7 Å². The largest absolute Gasteiger partial charge is 0.457 e. The number of hydrogen-bond donors (Lipinski definition) is 0. The van der Waals surface area contributed by atoms with Gasteiger partial charge in [-0.2, -0.15) is 26.3 Å². The van der Waals surface area contributed by atoms with E-state index in [-0.39, 0.29) is 35.5 Å². The number of ether oxygens (including phenoxy) is 4. The van der Waals surface area contributed by atoms with E-state index in [0.717, 1.165) is 62.8 Å². The van der Waals surface area contributed by atoms with Crippen molar-refractivity contribution in [1.82, 2.24) is 9.80 Å². The smallest absolute Gasteiger partial charge is 0.416 e. The quantitative estimate of drug-likeness (QED) is 0.0155. The molecule has 2 heterocycles. The van der Waals surface area contributed by atoms with Crippen molar-refractivity contribution >= 4 is 57.4 Å². The van der Waals surface area contributed by atoms with Crippen LogP contribution in [0.25, 0.3) is 0 Å². The summed E-state index contributed by atoms with van der Waals surface area (Å²) in [6.07, 6.45) is 12.3. The molecular weight excluding hydrogens is 1670 g/mol. The number of rotatable bonds is 46. The van der Waals surface area contributed by atoms with Crippen molar-refractivity contribution in [2.24, 2.45) is 0 Å². The number of carbonyl (C=O) groups excluding carboxylic acids is 4. The van der Waals surface area contributed by atoms with E-state index >= 15 is 0 Å². The predicted molar refractivity (Wildman–Crippen MR) is 517 cm³/mol. The predicted octanol–water partition coefficient (Wildman–Crippen LogP) is 32.0. The fourth-order valence-electron chi connectivity index (χ4n) is 21.3. The number of hydrogen-bond acceptors (Lipinski definition) is 12. The Morgan fingerprint density at radius 1 is 0.405 bits per heavy atom. The first-order chi connectivity index (χ1) is 58.3. The highest BCUT2D eigenvalue weighted by Crippen LogP contribution is 2.50. The first-order valence-corrected chi connectivity index (χ1v) is 57.2. The molecule has 724 valence electrons. The molecule has 2 saturated heterocycles. The molecule has 2 aromatic carbocycles. The molecule has 0 radical (unpaired) electrons. The number of alkyl halides is 6. The molecule has 0 N–H and O–H groups in total. The van der Waals surface area contributed by atoms with Gasteiger partial charge in [0.15, 0.2) is 0 Å². The van der Waals surface area contributed by atoms with Crippen molar-refractivity contribution in [3.05, 3.63) is 107 Å². The maximum atomic E-state index is 14.4. The molecule has 2 aliphatic heterocycles. The third kappa shape index (κ3) is 32.9. The molecule has 4 rings (SSSR count). The van der Waals surface area contributed by atoms with Crippen LogP contribution in [0.5, 0.6) is 0 Å². The molecule has 24 heteroatoms. The zero-order valence-electron chi connectivity index (χ0n) is 84.8. The molecule has 0 saturated carbocycles. The Balaban J connectivity index is 0.000000650. The van der Waals surface area contributed by atoms with Crippen LogP contribution in [-0.4, -0.2) is 139 Å². The number of nitrogens with zero attached hydrogens (tertiary/aromatic N) is 2. The van der Waals surface area contributed by atoms with Crippen molar-refractivity contribution in [3.63, 3.8) is 0 Å². The first kappa shape index (κ1) is 115. The lowest BCUT2D eigenvalue weighted by Crippen LogP contribution is -2.63. The van der Waals surface area contributed by atoms with E-state index in [9.17, 15) is 45.5 Å². The van der Waals surface area contributed by atoms with Gasteiger partial charge in [-0.05, 0) is 247 Å². The van der Waals surface area contributed by atoms with Crippen molar-refractivity contribution in [1.29, 1.82) is 0 Å². The van der Waals surface area contributed by atoms with Gasteiger partial charge in [0.05, 0.1) is 70.8 Å². The zero-order chi connectivity index (χ0) is 96.2. The van der Waals surface area contributed by atoms with Gasteiger partial charge in [0.2, 0.25) is 33.3 Å². The van der Waals surface area contributed by atoms with Gasteiger partial charge in [-0.25, -0.2) is 19.2 Å². The van der Waals surface area contributed by atoms with Gasteiger partial charge in [0, 0.05) is 0 Å². The maximum Gasteiger partial charge on any atom is 0.416 e. The second-order valence-electron chi connectivity index (χ2n) is 42.1. The summed E-state index contributed by atoms with van der Waals surface area (Å²) in [7, 11) is -9.14. The summed E-state index contributed by atoms with van der Waals surface area (Å²) in [5.74, 6) is -1.75. The summed E-state index contributed by atoms with van der Waals surface area (Å²) in [4.78, 5) is 59.9. The van der Waals surface area contributed by atoms with Crippen molar-refractivity contribution in [2.45, 2.75) is 515 Å². The summed E-state index contributed by atoms with van der Waals surface area (Å²) in [5.41, 5.74) is 7.53. The monoisotopic (exact) mass is 1850 g/mol. The average molecular weight is 1850 g/mol. The highest BCUT2D eigenvalue weighted by molar-refractivity contribution is 6.79. The van der Waals surface area contributed by atoms with E-state index in [1.54, 1.807) is 9.80 Å². The lowest BCUT2D eigenvalue weighted by atomic mass is 9.89. The topological polar surface area (TPSA) is 149 Å². The van der Waals surface area contributed by atoms with Crippen LogP contribution in [0.2, 0.25) is 66.5 Å². The second-order valence-corrected chi connectivity index (χ2v) is 63.7. The molecule has 10 atom stereocenters. The van der Waals surface area contributed by atoms with Crippen LogP contribution in [0.4, 0.5) is 35.9 Å². The number of likely N-dealkylation sites (tertiary alicyclic amines) is 2. The third-order valence-corrected chi connectivity index (χ3v) is 51.5. The molecule has 2 amide bonds. The maximum absolute atomic E-state index is 14.4. The van der Waals surface area contributed by atoms with Crippen LogP contribution in [0.1, 0.15) is 396 Å². The lowest BCUT2D eigenvalue weighted by molar-refractivity contribution is -0.138. The van der Waals surface area contributed by atoms with Crippen LogP contribution < -0.4 is 0 Å². The molecule has 14 nitrogen and oxygen atoms in total. The lowest BCUT2D eigenvalue weighted by Gasteiger charge is -2.51. The number of halogens is 6. The number of esters is 2. The van der Waals surface area contributed by atoms with Crippen molar-refractivity contribution in [2.75, 3.05) is 0 Å². The summed E-state index contributed by atoms with van der Waals surface area (Å²) in [6, 6.07) is 6.51. The van der Waals surface area contributed by atoms with Crippen LogP contribution in [0, 0.1) is 0 Å². The van der Waals surface area contributed by atoms with Gasteiger partial charge in [0.25, 0.3) is 0 Å². The molecule has 2 fully saturated rings. The van der Waals surface area contributed by atoms with E-state index < -0.39 is 128 Å². The fraction of sp³-hybridized carbons (Fsp3) is 0.784. The van der Waals surface area contributed by atoms with E-state index in [1.807, 2.05) is 67.5 Å². The van der Waals surface area contributed by atoms with Gasteiger partial charge in [-0.3, -0.25) is 9.80 Å². The Morgan fingerprint density at radius 3 is 0.937 bits per heavy atom. The van der Waals surface area contributed by atoms with E-state index in [2.05, 4.69) is 204 Å². The Labute approximate surface area is 766 Å². The van der Waals surface area contributed by atoms with Crippen LogP contribution in [0.3, 0.4) is 0 Å². The first-order valence-electron chi connectivity index (χ1n) is 48.7. The molecule has 0 unspecified atom stereocenters. The number of benzene rings is 2. The standard InChI is InChI=1S/2C51H88F3NO6Si2/c2*1-18-19-20-21-23-29-44(60-62(35(2)3,36(4)5)37(6)7)30-24-22-25-31-47(58-48(56)42-27-26-28-43(34-42)51(52,53)54)45-32-33-46(41(14)55(45)49(57)59-50(15,16)17)61-63(38(8)9,39(10)11)40(12)13/h2*22,26-28,30,34-41,44-47H,18-21,23,25,29,31-33H2,1-17H3/t24?,41-,44-,45+,46+,47+;24?,41-,44-,45+,46+,47-/m00/s1. The zero-order valence-corrected chi connectivity index (χ0v) is 88.8. The van der Waals surface area contributed by atoms with E-state index in [1.165, 1.54) is 62.8 Å². The summed E-state index contributed by atoms with van der Waals surface area (Å²) in [6.45, 7) is 73.7. The Morgan fingerprint density at radius 2 is 0.683 bits per heavy atom. The van der Waals surface area contributed by atoms with E-state index in [4.69, 9.17) is 36.7 Å². The molecular formula is C102H176F6N2O12Si4. The minimum atomic E-state index is -4.63. The molecule has 0 aliphatic carbocycles. The Hall–Kier alpha value is -4.75. The van der Waals surface area contributed by atoms with Crippen LogP contribution >= 0.6 is 0 Å². The molecule has 2 aromatic rings. The number of piperidine rings is 2. The second kappa shape index (κ2) is 52.1. The minimum Gasteiger partial charge on any atom is -0.457 e. The van der Waals surface area contributed by atoms with Crippen LogP contribution in [0.15, 0.2) is 84.3 Å². The van der Waals surface area contributed by atoms with Crippen LogP contribution in [-0.2, 0) is 49.0 Å². The molecule has 0 aromatic heterocycles. The molecule has 2 aliphatic rings. The minimum absolute atomic E-state index is 0.0896. The average Bonchev–Trinajstić information content (AvgIpc) is 0.767. The highest BCUT2D eigenvalue weighted by Gasteiger charge is 2.55. The van der Waals surface area contributed by atoms with Gasteiger partial charge in [-0.15, -0.1) is 11.5 Å². The molecule has 0 bridgehead atoms. The Bertz CT molecular complexity index is 3380. The van der Waals surface area contributed by atoms with Crippen molar-refractivity contribution < 1.29 is 82.2 Å². The SMILES string of the molecule is CCCCCCC[C@@H](C=C=CCC[C@@H](OC(=O)c1cccc(C(F)(F)F)c1)[C@H]1CC[C@@H](O[Si](C(C)C)(C(C)C)C(C)C)[C@H](C)N1C(=O)OC(C)(C)C)O[Si](C(C)C)(C(C)C)C(C)C.CCCCCCC[C@@H](C=C=CCC[C@H](OC(=O)c1cccc(C(F)(F)F)c1)[C@H]1CC[C@@H](O[Si](C(C)C)(C(C)C)C(C)C)[C@H](C)N1C(=O)OC(C)(C)C)O[Si](C(C)C)(C(C)C)C(C)C. The third-order valence-electron chi connectivity index (χ3n) is 27.0. The van der Waals surface area contributed by atoms with E-state index in [0.29, 0.717) is 118 Å². The van der Waals surface area contributed by atoms with Gasteiger partial charge in [0.1, 0.15) is 23.4 Å². The fourth-order valence-corrected chi connectivity index (χ4v) is 43.7. The highest BCUT2D eigenvalue weighted by atomic mass is 28.4. The number of amides is 2. The van der Waals surface area contributed by atoms with Gasteiger partial charge >= 0.3 is 36.5 Å². The van der Waals surface area contributed by atoms with Gasteiger partial charge in [-0.1, -0.05) is 256 Å². The summed E-state index contributed by atoms with van der Waals surface area (Å²) < 4.78 is 136. The molecule has 126 heavy (non-hydrogen) atoms. The molecule has 0 spiro atoms. The Kier molecular flexibility index (Phi) is 47.7. The number of unbranched alkanes of at least 4 members (excludes halogenated alkanes) is 8. The normalized spacial score (nSPS) is 19.0.